The third kappa shape index (κ3) is 1.33. The molecule has 0 spiro atoms. The van der Waals surface area contributed by atoms with Crippen molar-refractivity contribution in [2.24, 2.45) is 0 Å². The molecule has 2 amide bonds. The van der Waals surface area contributed by atoms with Gasteiger partial charge in [-0.05, 0) is 11.6 Å². The van der Waals surface area contributed by atoms with E-state index in [1.54, 1.807) is 12.1 Å². The fraction of sp³-hybridized carbons (Fsp3) is 0.273. The number of ether oxygens (including phenoxy) is 1. The summed E-state index contributed by atoms with van der Waals surface area (Å²) >= 11 is 0. The number of carbonyl (C=O) groups excluding carboxylic acids is 1. The van der Waals surface area contributed by atoms with E-state index in [0.717, 1.165) is 10.6 Å². The van der Waals surface area contributed by atoms with E-state index in [9.17, 15) is 14.7 Å². The van der Waals surface area contributed by atoms with Gasteiger partial charge in [0.05, 0.1) is 11.7 Å². The van der Waals surface area contributed by atoms with Crippen LogP contribution in [0.1, 0.15) is 5.56 Å². The zero-order valence-electron chi connectivity index (χ0n) is 8.87. The molecule has 0 saturated carbocycles. The number of cyclic esters (lactones) is 1. The highest BCUT2D eigenvalue weighted by atomic mass is 16.6. The smallest absolute Gasteiger partial charge is 0.431 e. The lowest BCUT2D eigenvalue weighted by atomic mass is 10.0. The Morgan fingerprint density at radius 1 is 1.41 bits per heavy atom. The minimum Gasteiger partial charge on any atom is -0.463 e. The van der Waals surface area contributed by atoms with E-state index in [2.05, 4.69) is 0 Å². The number of carbonyl (C=O) groups is 2. The summed E-state index contributed by atoms with van der Waals surface area (Å²) in [5.41, 5.74) is 1.43. The summed E-state index contributed by atoms with van der Waals surface area (Å²) in [5, 5.41) is 11.4. The van der Waals surface area contributed by atoms with Crippen LogP contribution in [0.3, 0.4) is 0 Å². The molecular formula is C11H10N2O4. The topological polar surface area (TPSA) is 70.1 Å². The SMILES string of the molecule is O=C(O)N1c2ccccc2C[C@@H]2COC(=O)N21. The molecule has 2 heterocycles. The van der Waals surface area contributed by atoms with Crippen LogP contribution in [0.5, 0.6) is 0 Å². The van der Waals surface area contributed by atoms with Crippen LogP contribution in [0.2, 0.25) is 0 Å². The number of hydrogen-bond donors (Lipinski definition) is 1. The Hall–Kier alpha value is -2.24. The maximum atomic E-state index is 11.5. The van der Waals surface area contributed by atoms with E-state index in [1.165, 1.54) is 5.01 Å². The summed E-state index contributed by atoms with van der Waals surface area (Å²) in [4.78, 5) is 22.8. The molecule has 1 aromatic carbocycles. The van der Waals surface area contributed by atoms with Crippen LogP contribution in [0.25, 0.3) is 0 Å². The molecule has 0 aliphatic carbocycles. The Balaban J connectivity index is 2.13. The lowest BCUT2D eigenvalue weighted by molar-refractivity contribution is 0.143. The molecule has 3 rings (SSSR count). The van der Waals surface area contributed by atoms with E-state index >= 15 is 0 Å². The standard InChI is InChI=1S/C11H10N2O4/c14-10(15)13-9-4-2-1-3-7(9)5-8-6-17-11(16)12(8)13/h1-4,8H,5-6H2,(H,14,15)/t8-/m1/s1. The molecular weight excluding hydrogens is 224 g/mol. The van der Waals surface area contributed by atoms with Crippen molar-refractivity contribution in [2.75, 3.05) is 11.6 Å². The fourth-order valence-corrected chi connectivity index (χ4v) is 2.30. The first-order valence-electron chi connectivity index (χ1n) is 5.25. The van der Waals surface area contributed by atoms with Gasteiger partial charge < -0.3 is 9.84 Å². The average Bonchev–Trinajstić information content (AvgIpc) is 2.67. The second-order valence-corrected chi connectivity index (χ2v) is 4.00. The lowest BCUT2D eigenvalue weighted by Crippen LogP contribution is -2.54. The molecule has 6 heteroatoms. The molecule has 1 N–H and O–H groups in total. The Morgan fingerprint density at radius 3 is 2.94 bits per heavy atom. The van der Waals surface area contributed by atoms with Gasteiger partial charge in [0.2, 0.25) is 0 Å². The first-order chi connectivity index (χ1) is 8.18. The van der Waals surface area contributed by atoms with Crippen LogP contribution in [0.4, 0.5) is 15.3 Å². The molecule has 1 aromatic rings. The molecule has 0 aromatic heterocycles. The quantitative estimate of drug-likeness (QED) is 0.737. The fourth-order valence-electron chi connectivity index (χ4n) is 2.30. The molecule has 88 valence electrons. The van der Waals surface area contributed by atoms with Crippen LogP contribution in [0.15, 0.2) is 24.3 Å². The minimum absolute atomic E-state index is 0.228. The highest BCUT2D eigenvalue weighted by Gasteiger charge is 2.44. The first kappa shape index (κ1) is 9.95. The third-order valence-electron chi connectivity index (χ3n) is 3.00. The number of fused-ring (bicyclic) bond motifs is 2. The molecule has 2 aliphatic heterocycles. The summed E-state index contributed by atoms with van der Waals surface area (Å²) in [5.74, 6) is 0. The zero-order valence-corrected chi connectivity index (χ0v) is 8.87. The van der Waals surface area contributed by atoms with Crippen LogP contribution >= 0.6 is 0 Å². The van der Waals surface area contributed by atoms with Crippen molar-refractivity contribution in [1.29, 1.82) is 0 Å². The van der Waals surface area contributed by atoms with Crippen LogP contribution in [-0.2, 0) is 11.2 Å². The number of rotatable bonds is 0. The molecule has 1 atom stereocenters. The largest absolute Gasteiger partial charge is 0.463 e. The highest BCUT2D eigenvalue weighted by Crippen LogP contribution is 2.33. The number of para-hydroxylation sites is 1. The summed E-state index contributed by atoms with van der Waals surface area (Å²) < 4.78 is 4.89. The van der Waals surface area contributed by atoms with E-state index in [0.29, 0.717) is 12.1 Å². The molecule has 0 unspecified atom stereocenters. The molecule has 17 heavy (non-hydrogen) atoms. The lowest BCUT2D eigenvalue weighted by Gasteiger charge is -2.36. The van der Waals surface area contributed by atoms with Gasteiger partial charge >= 0.3 is 12.2 Å². The van der Waals surface area contributed by atoms with E-state index in [4.69, 9.17) is 4.74 Å². The van der Waals surface area contributed by atoms with Crippen LogP contribution < -0.4 is 5.01 Å². The van der Waals surface area contributed by atoms with Gasteiger partial charge in [0, 0.05) is 6.42 Å². The number of nitrogens with zero attached hydrogens (tertiary/aromatic N) is 2. The van der Waals surface area contributed by atoms with Gasteiger partial charge in [-0.3, -0.25) is 0 Å². The van der Waals surface area contributed by atoms with E-state index in [1.807, 2.05) is 12.1 Å². The number of hydrogen-bond acceptors (Lipinski definition) is 3. The zero-order chi connectivity index (χ0) is 12.0. The van der Waals surface area contributed by atoms with Gasteiger partial charge in [0.1, 0.15) is 6.61 Å². The predicted molar refractivity (Wildman–Crippen MR) is 57.6 cm³/mol. The van der Waals surface area contributed by atoms with Gasteiger partial charge in [0.15, 0.2) is 0 Å². The Bertz CT molecular complexity index is 502. The second-order valence-electron chi connectivity index (χ2n) is 4.00. The van der Waals surface area contributed by atoms with Crippen molar-refractivity contribution in [3.8, 4) is 0 Å². The van der Waals surface area contributed by atoms with Crippen molar-refractivity contribution in [1.82, 2.24) is 5.01 Å². The molecule has 0 bridgehead atoms. The van der Waals surface area contributed by atoms with Crippen LogP contribution in [0, 0.1) is 0 Å². The summed E-state index contributed by atoms with van der Waals surface area (Å²) in [6.07, 6.45) is -1.17. The second kappa shape index (κ2) is 3.38. The summed E-state index contributed by atoms with van der Waals surface area (Å²) in [6.45, 7) is 0.233. The average molecular weight is 234 g/mol. The molecule has 6 nitrogen and oxygen atoms in total. The molecule has 0 radical (unpaired) electrons. The third-order valence-corrected chi connectivity index (χ3v) is 3.00. The first-order valence-corrected chi connectivity index (χ1v) is 5.25. The molecule has 1 fully saturated rings. The van der Waals surface area contributed by atoms with E-state index in [-0.39, 0.29) is 12.6 Å². The van der Waals surface area contributed by atoms with Crippen molar-refractivity contribution in [2.45, 2.75) is 12.5 Å². The predicted octanol–water partition coefficient (Wildman–Crippen LogP) is 1.46. The van der Waals surface area contributed by atoms with Crippen molar-refractivity contribution in [3.63, 3.8) is 0 Å². The Labute approximate surface area is 97.0 Å². The van der Waals surface area contributed by atoms with Crippen LogP contribution in [-0.4, -0.2) is 35.0 Å². The minimum atomic E-state index is -1.18. The van der Waals surface area contributed by atoms with Crippen molar-refractivity contribution < 1.29 is 19.4 Å². The van der Waals surface area contributed by atoms with Gasteiger partial charge in [-0.1, -0.05) is 18.2 Å². The Morgan fingerprint density at radius 2 is 2.18 bits per heavy atom. The van der Waals surface area contributed by atoms with Gasteiger partial charge in [-0.15, -0.1) is 0 Å². The van der Waals surface area contributed by atoms with Gasteiger partial charge in [-0.2, -0.15) is 5.01 Å². The van der Waals surface area contributed by atoms with E-state index < -0.39 is 12.2 Å². The van der Waals surface area contributed by atoms with Crippen molar-refractivity contribution in [3.05, 3.63) is 29.8 Å². The van der Waals surface area contributed by atoms with Gasteiger partial charge in [0.25, 0.3) is 0 Å². The highest BCUT2D eigenvalue weighted by molar-refractivity contribution is 5.91. The normalized spacial score (nSPS) is 21.9. The number of amides is 2. The maximum Gasteiger partial charge on any atom is 0.431 e. The maximum absolute atomic E-state index is 11.5. The number of anilines is 1. The number of benzene rings is 1. The number of carboxylic acid groups (broad SMARTS) is 1. The molecule has 2 aliphatic rings. The number of hydrazine groups is 1. The summed E-state index contributed by atoms with van der Waals surface area (Å²) in [6, 6.07) is 6.92. The van der Waals surface area contributed by atoms with Crippen molar-refractivity contribution >= 4 is 17.9 Å². The monoisotopic (exact) mass is 234 g/mol. The molecule has 1 saturated heterocycles. The van der Waals surface area contributed by atoms with Gasteiger partial charge in [-0.25, -0.2) is 14.6 Å². The Kier molecular flexibility index (Phi) is 1.98. The summed E-state index contributed by atoms with van der Waals surface area (Å²) in [7, 11) is 0.